The number of hydrogen-bond acceptors (Lipinski definition) is 5. The van der Waals surface area contributed by atoms with Crippen LogP contribution in [0.2, 0.25) is 0 Å². The van der Waals surface area contributed by atoms with Gasteiger partial charge in [0.05, 0.1) is 25.2 Å². The smallest absolute Gasteiger partial charge is 0.241 e. The number of benzene rings is 3. The van der Waals surface area contributed by atoms with Gasteiger partial charge in [-0.05, 0) is 43.0 Å². The van der Waals surface area contributed by atoms with Crippen LogP contribution in [-0.2, 0) is 21.4 Å². The fourth-order valence-electron chi connectivity index (χ4n) is 3.37. The average molecular weight is 457 g/mol. The van der Waals surface area contributed by atoms with Crippen molar-refractivity contribution < 1.29 is 22.7 Å². The quantitative estimate of drug-likeness (QED) is 0.531. The summed E-state index contributed by atoms with van der Waals surface area (Å²) < 4.78 is 37.2. The Hall–Kier alpha value is -3.26. The van der Waals surface area contributed by atoms with Gasteiger partial charge in [0.25, 0.3) is 0 Å². The van der Waals surface area contributed by atoms with Crippen molar-refractivity contribution in [1.29, 1.82) is 0 Å². The first-order chi connectivity index (χ1) is 15.2. The van der Waals surface area contributed by atoms with Gasteiger partial charge in [0.15, 0.2) is 11.5 Å². The largest absolute Gasteiger partial charge is 0.493 e. The zero-order valence-electron chi connectivity index (χ0n) is 18.7. The number of sulfonamides is 1. The molecule has 0 radical (unpaired) electrons. The predicted octanol–water partition coefficient (Wildman–Crippen LogP) is 3.72. The number of rotatable bonds is 9. The van der Waals surface area contributed by atoms with E-state index in [1.165, 1.54) is 0 Å². The monoisotopic (exact) mass is 456 g/mol. The molecule has 0 unspecified atom stereocenters. The fourth-order valence-corrected chi connectivity index (χ4v) is 4.24. The maximum atomic E-state index is 12.7. The van der Waals surface area contributed by atoms with E-state index in [1.54, 1.807) is 31.4 Å². The second-order valence-corrected chi connectivity index (χ2v) is 9.60. The Morgan fingerprint density at radius 2 is 1.75 bits per heavy atom. The van der Waals surface area contributed by atoms with Gasteiger partial charge < -0.3 is 14.8 Å². The van der Waals surface area contributed by atoms with Crippen LogP contribution in [0.4, 0.5) is 5.69 Å². The molecule has 0 saturated carbocycles. The normalized spacial score (nSPS) is 11.4. The van der Waals surface area contributed by atoms with Gasteiger partial charge in [-0.2, -0.15) is 0 Å². The summed E-state index contributed by atoms with van der Waals surface area (Å²) in [5.41, 5.74) is 1.28. The minimum absolute atomic E-state index is 0.00509. The molecule has 0 saturated heterocycles. The lowest BCUT2D eigenvalue weighted by Crippen LogP contribution is -2.40. The topological polar surface area (TPSA) is 84.9 Å². The third-order valence-electron chi connectivity index (χ3n) is 4.80. The lowest BCUT2D eigenvalue weighted by Gasteiger charge is -2.23. The molecule has 0 bridgehead atoms. The van der Waals surface area contributed by atoms with Gasteiger partial charge in [0.2, 0.25) is 15.9 Å². The number of methoxy groups -OCH3 is 1. The molecule has 0 spiro atoms. The van der Waals surface area contributed by atoms with Crippen molar-refractivity contribution in [3.05, 3.63) is 66.2 Å². The molecule has 32 heavy (non-hydrogen) atoms. The molecule has 1 N–H and O–H groups in total. The molecule has 0 aliphatic carbocycles. The van der Waals surface area contributed by atoms with Crippen molar-refractivity contribution in [1.82, 2.24) is 5.32 Å². The Morgan fingerprint density at radius 1 is 1.03 bits per heavy atom. The van der Waals surface area contributed by atoms with Gasteiger partial charge in [0.1, 0.15) is 6.54 Å². The van der Waals surface area contributed by atoms with Crippen molar-refractivity contribution in [3.8, 4) is 11.5 Å². The van der Waals surface area contributed by atoms with Crippen LogP contribution in [0, 0.1) is 0 Å². The molecule has 0 aliphatic heterocycles. The molecular formula is C24H28N2O5S. The molecule has 170 valence electrons. The fraction of sp³-hybridized carbons (Fsp3) is 0.292. The van der Waals surface area contributed by atoms with Crippen molar-refractivity contribution in [2.75, 3.05) is 24.2 Å². The SMILES string of the molecule is COc1cc(CNC(=O)CN(c2cccc3ccccc23)S(C)(=O)=O)ccc1OC(C)C. The van der Waals surface area contributed by atoms with Crippen molar-refractivity contribution in [2.24, 2.45) is 0 Å². The second-order valence-electron chi connectivity index (χ2n) is 7.70. The van der Waals surface area contributed by atoms with Gasteiger partial charge in [-0.1, -0.05) is 42.5 Å². The molecule has 7 nitrogen and oxygen atoms in total. The lowest BCUT2D eigenvalue weighted by atomic mass is 10.1. The maximum absolute atomic E-state index is 12.7. The van der Waals surface area contributed by atoms with E-state index in [0.29, 0.717) is 17.2 Å². The Kier molecular flexibility index (Phi) is 7.25. The number of ether oxygens (including phenoxy) is 2. The number of hydrogen-bond donors (Lipinski definition) is 1. The first-order valence-corrected chi connectivity index (χ1v) is 12.1. The van der Waals surface area contributed by atoms with E-state index < -0.39 is 15.9 Å². The Labute approximate surface area is 189 Å². The van der Waals surface area contributed by atoms with Crippen LogP contribution in [0.1, 0.15) is 19.4 Å². The van der Waals surface area contributed by atoms with E-state index >= 15 is 0 Å². The zero-order valence-corrected chi connectivity index (χ0v) is 19.5. The molecule has 0 fully saturated rings. The van der Waals surface area contributed by atoms with Crippen molar-refractivity contribution >= 4 is 32.4 Å². The molecule has 0 heterocycles. The molecule has 0 aliphatic rings. The van der Waals surface area contributed by atoms with Gasteiger partial charge in [0, 0.05) is 11.9 Å². The maximum Gasteiger partial charge on any atom is 0.241 e. The predicted molar refractivity (Wildman–Crippen MR) is 127 cm³/mol. The van der Waals surface area contributed by atoms with E-state index in [1.807, 2.05) is 50.2 Å². The molecule has 3 aromatic carbocycles. The van der Waals surface area contributed by atoms with Crippen LogP contribution in [-0.4, -0.2) is 40.3 Å². The molecule has 3 rings (SSSR count). The summed E-state index contributed by atoms with van der Waals surface area (Å²) >= 11 is 0. The van der Waals surface area contributed by atoms with E-state index in [-0.39, 0.29) is 19.2 Å². The molecular weight excluding hydrogens is 428 g/mol. The van der Waals surface area contributed by atoms with Crippen molar-refractivity contribution in [2.45, 2.75) is 26.5 Å². The summed E-state index contributed by atoms with van der Waals surface area (Å²) in [7, 11) is -2.12. The molecule has 1 amide bonds. The zero-order chi connectivity index (χ0) is 23.3. The van der Waals surface area contributed by atoms with E-state index in [9.17, 15) is 13.2 Å². The third kappa shape index (κ3) is 5.70. The van der Waals surface area contributed by atoms with Crippen LogP contribution in [0.5, 0.6) is 11.5 Å². The van der Waals surface area contributed by atoms with Crippen LogP contribution in [0.15, 0.2) is 60.7 Å². The van der Waals surface area contributed by atoms with Gasteiger partial charge in [-0.3, -0.25) is 9.10 Å². The van der Waals surface area contributed by atoms with Crippen molar-refractivity contribution in [3.63, 3.8) is 0 Å². The van der Waals surface area contributed by atoms with Gasteiger partial charge in [-0.15, -0.1) is 0 Å². The Morgan fingerprint density at radius 3 is 2.44 bits per heavy atom. The summed E-state index contributed by atoms with van der Waals surface area (Å²) in [4.78, 5) is 12.7. The highest BCUT2D eigenvalue weighted by Crippen LogP contribution is 2.30. The summed E-state index contributed by atoms with van der Waals surface area (Å²) in [5, 5.41) is 4.45. The van der Waals surface area contributed by atoms with Gasteiger partial charge in [-0.25, -0.2) is 8.42 Å². The van der Waals surface area contributed by atoms with E-state index in [0.717, 1.165) is 26.9 Å². The number of carbonyl (C=O) groups is 1. The summed E-state index contributed by atoms with van der Waals surface area (Å²) in [6, 6.07) is 18.3. The highest BCUT2D eigenvalue weighted by Gasteiger charge is 2.22. The number of fused-ring (bicyclic) bond motifs is 1. The molecule has 0 atom stereocenters. The molecule has 3 aromatic rings. The minimum Gasteiger partial charge on any atom is -0.493 e. The van der Waals surface area contributed by atoms with E-state index in [2.05, 4.69) is 5.32 Å². The number of nitrogens with zero attached hydrogens (tertiary/aromatic N) is 1. The van der Waals surface area contributed by atoms with Crippen LogP contribution < -0.4 is 19.1 Å². The third-order valence-corrected chi connectivity index (χ3v) is 5.93. The first-order valence-electron chi connectivity index (χ1n) is 10.2. The summed E-state index contributed by atoms with van der Waals surface area (Å²) in [6.07, 6.45) is 1.10. The standard InChI is InChI=1S/C24H28N2O5S/c1-17(2)31-22-13-12-18(14-23(22)30-3)15-25-24(27)16-26(32(4,28)29)21-11-7-9-19-8-5-6-10-20(19)21/h5-14,17H,15-16H2,1-4H3,(H,25,27). The van der Waals surface area contributed by atoms with Crippen LogP contribution in [0.3, 0.4) is 0 Å². The second kappa shape index (κ2) is 9.91. The number of amides is 1. The minimum atomic E-state index is -3.68. The molecule has 8 heteroatoms. The van der Waals surface area contributed by atoms with Gasteiger partial charge >= 0.3 is 0 Å². The first kappa shape index (κ1) is 23.4. The number of nitrogens with one attached hydrogen (secondary N) is 1. The molecule has 0 aromatic heterocycles. The van der Waals surface area contributed by atoms with Crippen LogP contribution in [0.25, 0.3) is 10.8 Å². The summed E-state index contributed by atoms with van der Waals surface area (Å²) in [6.45, 7) is 3.76. The Balaban J connectivity index is 1.76. The lowest BCUT2D eigenvalue weighted by molar-refractivity contribution is -0.119. The number of anilines is 1. The average Bonchev–Trinajstić information content (AvgIpc) is 2.75. The highest BCUT2D eigenvalue weighted by molar-refractivity contribution is 7.92. The highest BCUT2D eigenvalue weighted by atomic mass is 32.2. The number of carbonyl (C=O) groups excluding carboxylic acids is 1. The van der Waals surface area contributed by atoms with E-state index in [4.69, 9.17) is 9.47 Å². The van der Waals surface area contributed by atoms with Crippen LogP contribution >= 0.6 is 0 Å². The Bertz CT molecular complexity index is 1200. The summed E-state index contributed by atoms with van der Waals surface area (Å²) in [5.74, 6) is 0.778.